The molecule has 0 unspecified atom stereocenters. The van der Waals surface area contributed by atoms with E-state index in [0.717, 1.165) is 53.2 Å². The Kier molecular flexibility index (Phi) is 5.95. The average molecular weight is 437 g/mol. The summed E-state index contributed by atoms with van der Waals surface area (Å²) < 4.78 is 2.05. The Morgan fingerprint density at radius 3 is 2.61 bits per heavy atom. The van der Waals surface area contributed by atoms with Gasteiger partial charge in [-0.05, 0) is 61.2 Å². The molecule has 33 heavy (non-hydrogen) atoms. The van der Waals surface area contributed by atoms with Gasteiger partial charge in [-0.25, -0.2) is 9.97 Å². The van der Waals surface area contributed by atoms with E-state index in [1.807, 2.05) is 24.4 Å². The molecule has 2 aromatic carbocycles. The predicted octanol–water partition coefficient (Wildman–Crippen LogP) is 6.34. The minimum atomic E-state index is 0.430. The Bertz CT molecular complexity index is 1290. The van der Waals surface area contributed by atoms with Gasteiger partial charge in [0.25, 0.3) is 0 Å². The molecular weight excluding hydrogens is 408 g/mol. The number of benzene rings is 2. The molecule has 6 nitrogen and oxygen atoms in total. The van der Waals surface area contributed by atoms with Crippen LogP contribution >= 0.6 is 0 Å². The van der Waals surface area contributed by atoms with E-state index in [2.05, 4.69) is 68.5 Å². The van der Waals surface area contributed by atoms with E-state index < -0.39 is 0 Å². The standard InChI is InChI=1S/C27H28N6/c1-2-19-8-11-22(12-9-19)32-26-24-14-15-33(27(24)30-18-29-26)23-13-10-20(17-28)25(16-23)31-21-6-4-3-5-7-21/h8-16,18,21,31H,2-7H2,1H3,(H,29,30,32). The molecule has 0 aliphatic heterocycles. The molecule has 2 N–H and O–H groups in total. The highest BCUT2D eigenvalue weighted by atomic mass is 15.1. The molecule has 166 valence electrons. The van der Waals surface area contributed by atoms with Crippen LogP contribution in [0.4, 0.5) is 17.2 Å². The molecule has 0 amide bonds. The third kappa shape index (κ3) is 4.40. The number of nitrogens with zero attached hydrogens (tertiary/aromatic N) is 4. The second-order valence-corrected chi connectivity index (χ2v) is 8.64. The van der Waals surface area contributed by atoms with E-state index in [4.69, 9.17) is 0 Å². The SMILES string of the molecule is CCc1ccc(Nc2ncnc3c2ccn3-c2ccc(C#N)c(NC3CCCCC3)c2)cc1. The highest BCUT2D eigenvalue weighted by Crippen LogP contribution is 2.29. The lowest BCUT2D eigenvalue weighted by Crippen LogP contribution is -2.22. The maximum atomic E-state index is 9.62. The van der Waals surface area contributed by atoms with Crippen molar-refractivity contribution in [3.63, 3.8) is 0 Å². The van der Waals surface area contributed by atoms with Crippen molar-refractivity contribution in [2.75, 3.05) is 10.6 Å². The highest BCUT2D eigenvalue weighted by Gasteiger charge is 2.16. The highest BCUT2D eigenvalue weighted by molar-refractivity contribution is 5.90. The Balaban J connectivity index is 1.47. The van der Waals surface area contributed by atoms with Crippen LogP contribution in [0.2, 0.25) is 0 Å². The molecule has 0 radical (unpaired) electrons. The number of fused-ring (bicyclic) bond motifs is 1. The molecule has 0 bridgehead atoms. The third-order valence-electron chi connectivity index (χ3n) is 6.47. The van der Waals surface area contributed by atoms with Crippen molar-refractivity contribution in [1.29, 1.82) is 5.26 Å². The lowest BCUT2D eigenvalue weighted by Gasteiger charge is -2.24. The van der Waals surface area contributed by atoms with Crippen LogP contribution in [0, 0.1) is 11.3 Å². The number of nitriles is 1. The molecule has 0 saturated heterocycles. The van der Waals surface area contributed by atoms with Crippen molar-refractivity contribution in [1.82, 2.24) is 14.5 Å². The van der Waals surface area contributed by atoms with Gasteiger partial charge in [-0.15, -0.1) is 0 Å². The van der Waals surface area contributed by atoms with Crippen LogP contribution in [0.25, 0.3) is 16.7 Å². The molecule has 0 spiro atoms. The maximum absolute atomic E-state index is 9.62. The number of rotatable bonds is 6. The van der Waals surface area contributed by atoms with Gasteiger partial charge in [0.05, 0.1) is 16.6 Å². The zero-order chi connectivity index (χ0) is 22.6. The fourth-order valence-corrected chi connectivity index (χ4v) is 4.59. The van der Waals surface area contributed by atoms with Crippen LogP contribution in [-0.4, -0.2) is 20.6 Å². The summed E-state index contributed by atoms with van der Waals surface area (Å²) in [6.07, 6.45) is 10.7. The number of hydrogen-bond donors (Lipinski definition) is 2. The Morgan fingerprint density at radius 2 is 1.85 bits per heavy atom. The Labute approximate surface area is 194 Å². The molecule has 1 saturated carbocycles. The van der Waals surface area contributed by atoms with Crippen molar-refractivity contribution >= 4 is 28.2 Å². The fourth-order valence-electron chi connectivity index (χ4n) is 4.59. The van der Waals surface area contributed by atoms with Crippen LogP contribution in [-0.2, 0) is 6.42 Å². The van der Waals surface area contributed by atoms with Crippen LogP contribution in [0.1, 0.15) is 50.2 Å². The minimum absolute atomic E-state index is 0.430. The van der Waals surface area contributed by atoms with E-state index in [9.17, 15) is 5.26 Å². The van der Waals surface area contributed by atoms with E-state index in [-0.39, 0.29) is 0 Å². The molecule has 5 rings (SSSR count). The monoisotopic (exact) mass is 436 g/mol. The molecule has 1 aliphatic rings. The van der Waals surface area contributed by atoms with Crippen molar-refractivity contribution in [3.05, 3.63) is 72.2 Å². The lowest BCUT2D eigenvalue weighted by atomic mass is 9.95. The summed E-state index contributed by atoms with van der Waals surface area (Å²) in [5.74, 6) is 0.775. The molecule has 1 fully saturated rings. The molecule has 6 heteroatoms. The van der Waals surface area contributed by atoms with Crippen molar-refractivity contribution < 1.29 is 0 Å². The van der Waals surface area contributed by atoms with E-state index >= 15 is 0 Å². The predicted molar refractivity (Wildman–Crippen MR) is 133 cm³/mol. The Morgan fingerprint density at radius 1 is 1.03 bits per heavy atom. The number of nitrogens with one attached hydrogen (secondary N) is 2. The second kappa shape index (κ2) is 9.33. The van der Waals surface area contributed by atoms with E-state index in [1.165, 1.54) is 24.8 Å². The summed E-state index contributed by atoms with van der Waals surface area (Å²) in [4.78, 5) is 9.04. The molecule has 4 aromatic rings. The van der Waals surface area contributed by atoms with Crippen LogP contribution in [0.5, 0.6) is 0 Å². The van der Waals surface area contributed by atoms with Crippen LogP contribution in [0.15, 0.2) is 61.1 Å². The summed E-state index contributed by atoms with van der Waals surface area (Å²) in [7, 11) is 0. The summed E-state index contributed by atoms with van der Waals surface area (Å²) >= 11 is 0. The second-order valence-electron chi connectivity index (χ2n) is 8.64. The zero-order valence-corrected chi connectivity index (χ0v) is 18.9. The van der Waals surface area contributed by atoms with Crippen molar-refractivity contribution in [2.24, 2.45) is 0 Å². The van der Waals surface area contributed by atoms with Crippen molar-refractivity contribution in [2.45, 2.75) is 51.5 Å². The first kappa shape index (κ1) is 21.0. The molecule has 2 aromatic heterocycles. The first-order chi connectivity index (χ1) is 16.2. The number of aromatic nitrogens is 3. The van der Waals surface area contributed by atoms with Gasteiger partial charge in [0.2, 0.25) is 0 Å². The van der Waals surface area contributed by atoms with Crippen LogP contribution in [0.3, 0.4) is 0 Å². The quantitative estimate of drug-likeness (QED) is 0.368. The van der Waals surface area contributed by atoms with Crippen LogP contribution < -0.4 is 10.6 Å². The molecule has 2 heterocycles. The van der Waals surface area contributed by atoms with Gasteiger partial charge < -0.3 is 15.2 Å². The van der Waals surface area contributed by atoms with Gasteiger partial charge >= 0.3 is 0 Å². The largest absolute Gasteiger partial charge is 0.381 e. The topological polar surface area (TPSA) is 78.6 Å². The number of anilines is 3. The lowest BCUT2D eigenvalue weighted by molar-refractivity contribution is 0.462. The average Bonchev–Trinajstić information content (AvgIpc) is 3.30. The normalized spacial score (nSPS) is 14.2. The minimum Gasteiger partial charge on any atom is -0.381 e. The first-order valence-corrected chi connectivity index (χ1v) is 11.7. The smallest absolute Gasteiger partial charge is 0.150 e. The van der Waals surface area contributed by atoms with Gasteiger partial charge in [-0.2, -0.15) is 5.26 Å². The van der Waals surface area contributed by atoms with E-state index in [0.29, 0.717) is 11.6 Å². The molecular formula is C27H28N6. The molecule has 0 atom stereocenters. The van der Waals surface area contributed by atoms with Gasteiger partial charge in [-0.3, -0.25) is 0 Å². The maximum Gasteiger partial charge on any atom is 0.150 e. The number of aryl methyl sites for hydroxylation is 1. The van der Waals surface area contributed by atoms with Crippen molar-refractivity contribution in [3.8, 4) is 11.8 Å². The van der Waals surface area contributed by atoms with Gasteiger partial charge in [0.1, 0.15) is 23.9 Å². The van der Waals surface area contributed by atoms with Gasteiger partial charge in [0, 0.05) is 23.6 Å². The summed E-state index contributed by atoms with van der Waals surface area (Å²) in [6, 6.07) is 19.1. The summed E-state index contributed by atoms with van der Waals surface area (Å²) in [5, 5.41) is 17.6. The van der Waals surface area contributed by atoms with Gasteiger partial charge in [-0.1, -0.05) is 38.3 Å². The Hall–Kier alpha value is -3.85. The third-order valence-corrected chi connectivity index (χ3v) is 6.47. The first-order valence-electron chi connectivity index (χ1n) is 11.7. The van der Waals surface area contributed by atoms with E-state index in [1.54, 1.807) is 6.33 Å². The molecule has 1 aliphatic carbocycles. The number of hydrogen-bond acceptors (Lipinski definition) is 5. The van der Waals surface area contributed by atoms with Gasteiger partial charge in [0.15, 0.2) is 0 Å². The fraction of sp³-hybridized carbons (Fsp3) is 0.296. The summed E-state index contributed by atoms with van der Waals surface area (Å²) in [5.41, 5.74) is 5.67. The zero-order valence-electron chi connectivity index (χ0n) is 18.9. The summed E-state index contributed by atoms with van der Waals surface area (Å²) in [6.45, 7) is 2.15.